The van der Waals surface area contributed by atoms with Crippen LogP contribution in [-0.2, 0) is 53.8 Å². The maximum absolute atomic E-state index is 5.53. The molecule has 1 nitrogen and oxygen atoms in total. The van der Waals surface area contributed by atoms with Crippen LogP contribution in [0.25, 0.3) is 0 Å². The smallest absolute Gasteiger partial charge is 0 e. The van der Waals surface area contributed by atoms with Crippen molar-refractivity contribution >= 4 is 5.69 Å². The molecule has 57 valence electrons. The Morgan fingerprint density at radius 2 is 1.91 bits per heavy atom. The second kappa shape index (κ2) is 6.34. The minimum atomic E-state index is 0. The summed E-state index contributed by atoms with van der Waals surface area (Å²) in [6.07, 6.45) is 0. The Labute approximate surface area is 107 Å². The quantitative estimate of drug-likeness (QED) is 0.526. The SMILES string of the molecule is Cc1[c-]c(N)c(C)[c-]c1.[W].[Y]. The fourth-order valence-electron chi connectivity index (χ4n) is 0.637. The normalized spacial score (nSPS) is 7.82. The monoisotopic (exact) mass is 392 g/mol. The molecular weight excluding hydrogens is 383 g/mol. The maximum atomic E-state index is 5.53. The van der Waals surface area contributed by atoms with Crippen LogP contribution in [-0.4, -0.2) is 0 Å². The van der Waals surface area contributed by atoms with Gasteiger partial charge in [0, 0.05) is 53.8 Å². The third-order valence-electron chi connectivity index (χ3n) is 1.24. The van der Waals surface area contributed by atoms with Crippen LogP contribution in [0.1, 0.15) is 11.1 Å². The van der Waals surface area contributed by atoms with Gasteiger partial charge in [-0.15, -0.1) is 13.8 Å². The van der Waals surface area contributed by atoms with Gasteiger partial charge in [0.15, 0.2) is 0 Å². The molecule has 0 aromatic heterocycles. The molecule has 1 rings (SSSR count). The number of rotatable bonds is 0. The van der Waals surface area contributed by atoms with Crippen LogP contribution in [0.3, 0.4) is 0 Å². The van der Waals surface area contributed by atoms with Crippen molar-refractivity contribution in [2.24, 2.45) is 0 Å². The average Bonchev–Trinajstić information content (AvgIpc) is 1.80. The van der Waals surface area contributed by atoms with E-state index < -0.39 is 0 Å². The van der Waals surface area contributed by atoms with Crippen LogP contribution in [0.15, 0.2) is 6.07 Å². The molecule has 2 N–H and O–H groups in total. The van der Waals surface area contributed by atoms with E-state index in [4.69, 9.17) is 5.73 Å². The van der Waals surface area contributed by atoms with Gasteiger partial charge >= 0.3 is 0 Å². The number of nitrogens with two attached hydrogens (primary N) is 1. The molecule has 1 radical (unpaired) electrons. The van der Waals surface area contributed by atoms with Gasteiger partial charge in [0.1, 0.15) is 0 Å². The zero-order chi connectivity index (χ0) is 6.85. The van der Waals surface area contributed by atoms with E-state index in [0.717, 1.165) is 11.1 Å². The van der Waals surface area contributed by atoms with Crippen molar-refractivity contribution < 1.29 is 53.8 Å². The van der Waals surface area contributed by atoms with E-state index in [1.54, 1.807) is 0 Å². The predicted molar refractivity (Wildman–Crippen MR) is 38.0 cm³/mol. The van der Waals surface area contributed by atoms with E-state index in [2.05, 4.69) is 12.1 Å². The summed E-state index contributed by atoms with van der Waals surface area (Å²) in [7, 11) is 0. The van der Waals surface area contributed by atoms with E-state index in [1.165, 1.54) is 0 Å². The summed E-state index contributed by atoms with van der Waals surface area (Å²) >= 11 is 0. The first-order chi connectivity index (χ1) is 4.20. The molecule has 11 heavy (non-hydrogen) atoms. The molecule has 0 aliphatic rings. The molecule has 0 aliphatic carbocycles. The van der Waals surface area contributed by atoms with Gasteiger partial charge in [0.25, 0.3) is 0 Å². The van der Waals surface area contributed by atoms with Gasteiger partial charge < -0.3 is 11.8 Å². The summed E-state index contributed by atoms with van der Waals surface area (Å²) in [4.78, 5) is 0. The Kier molecular flexibility index (Phi) is 8.27. The number of nitrogen functional groups attached to an aromatic ring is 1. The second-order valence-electron chi connectivity index (χ2n) is 2.14. The van der Waals surface area contributed by atoms with Crippen molar-refractivity contribution in [1.29, 1.82) is 0 Å². The van der Waals surface area contributed by atoms with Crippen LogP contribution in [0.2, 0.25) is 0 Å². The minimum Gasteiger partial charge on any atom is -0.472 e. The molecule has 0 spiro atoms. The van der Waals surface area contributed by atoms with Crippen molar-refractivity contribution in [3.63, 3.8) is 0 Å². The van der Waals surface area contributed by atoms with Gasteiger partial charge in [0.2, 0.25) is 0 Å². The summed E-state index contributed by atoms with van der Waals surface area (Å²) < 4.78 is 0. The van der Waals surface area contributed by atoms with Gasteiger partial charge in [-0.25, -0.2) is 0 Å². The molecule has 0 amide bonds. The first kappa shape index (κ1) is 14.3. The van der Waals surface area contributed by atoms with Crippen molar-refractivity contribution in [2.75, 3.05) is 5.73 Å². The Bertz CT molecular complexity index is 225. The van der Waals surface area contributed by atoms with Gasteiger partial charge in [-0.05, 0) is 0 Å². The Hall–Kier alpha value is 0.812. The minimum absolute atomic E-state index is 0. The zero-order valence-electron chi connectivity index (χ0n) is 6.64. The molecule has 0 saturated heterocycles. The van der Waals surface area contributed by atoms with E-state index in [1.807, 2.05) is 19.9 Å². The standard InChI is InChI=1S/C8H9N.W.Y/c1-6-3-4-7(2)8(9)5-6;;/h3H,9H2,1-2H3;;/q-2;;. The van der Waals surface area contributed by atoms with E-state index in [9.17, 15) is 0 Å². The third-order valence-corrected chi connectivity index (χ3v) is 1.24. The van der Waals surface area contributed by atoms with Gasteiger partial charge in [0.05, 0.1) is 0 Å². The summed E-state index contributed by atoms with van der Waals surface area (Å²) in [5, 5.41) is 0. The third kappa shape index (κ3) is 4.40. The van der Waals surface area contributed by atoms with Crippen LogP contribution in [0.4, 0.5) is 5.69 Å². The second-order valence-corrected chi connectivity index (χ2v) is 2.14. The summed E-state index contributed by atoms with van der Waals surface area (Å²) in [5.41, 5.74) is 8.25. The van der Waals surface area contributed by atoms with E-state index >= 15 is 0 Å². The van der Waals surface area contributed by atoms with Crippen molar-refractivity contribution in [2.45, 2.75) is 13.8 Å². The fourth-order valence-corrected chi connectivity index (χ4v) is 0.637. The molecule has 1 aromatic rings. The van der Waals surface area contributed by atoms with Crippen molar-refractivity contribution in [3.05, 3.63) is 29.3 Å². The first-order valence-corrected chi connectivity index (χ1v) is 2.87. The number of hydrogen-bond acceptors (Lipinski definition) is 1. The van der Waals surface area contributed by atoms with Crippen LogP contribution >= 0.6 is 0 Å². The molecule has 3 heteroatoms. The van der Waals surface area contributed by atoms with Gasteiger partial charge in [-0.3, -0.25) is 23.3 Å². The average molecular weight is 392 g/mol. The molecule has 0 fully saturated rings. The largest absolute Gasteiger partial charge is 0.472 e. The molecule has 0 atom stereocenters. The summed E-state index contributed by atoms with van der Waals surface area (Å²) in [6, 6.07) is 7.88. The molecule has 0 bridgehead atoms. The molecule has 1 aromatic carbocycles. The molecule has 0 aliphatic heterocycles. The molecular formula is C8H9NWY-2. The molecule has 0 heterocycles. The maximum Gasteiger partial charge on any atom is 0 e. The van der Waals surface area contributed by atoms with Crippen LogP contribution in [0, 0.1) is 26.0 Å². The van der Waals surface area contributed by atoms with Gasteiger partial charge in [-0.2, -0.15) is 5.69 Å². The first-order valence-electron chi connectivity index (χ1n) is 2.87. The summed E-state index contributed by atoms with van der Waals surface area (Å²) in [6.45, 7) is 3.87. The predicted octanol–water partition coefficient (Wildman–Crippen LogP) is 1.48. The van der Waals surface area contributed by atoms with Crippen LogP contribution in [0.5, 0.6) is 0 Å². The van der Waals surface area contributed by atoms with Crippen molar-refractivity contribution in [3.8, 4) is 0 Å². The number of anilines is 1. The Morgan fingerprint density at radius 3 is 2.27 bits per heavy atom. The van der Waals surface area contributed by atoms with E-state index in [-0.39, 0.29) is 53.8 Å². The fraction of sp³-hybridized carbons (Fsp3) is 0.250. The van der Waals surface area contributed by atoms with E-state index in [0.29, 0.717) is 5.69 Å². The number of aryl methyl sites for hydroxylation is 2. The zero-order valence-corrected chi connectivity index (χ0v) is 12.4. The molecule has 0 unspecified atom stereocenters. The van der Waals surface area contributed by atoms with Crippen LogP contribution < -0.4 is 5.73 Å². The number of hydrogen-bond donors (Lipinski definition) is 1. The van der Waals surface area contributed by atoms with Crippen molar-refractivity contribution in [1.82, 2.24) is 0 Å². The Balaban J connectivity index is 0. The van der Waals surface area contributed by atoms with Gasteiger partial charge in [-0.1, -0.05) is 0 Å². The number of benzene rings is 1. The topological polar surface area (TPSA) is 26.0 Å². The Morgan fingerprint density at radius 1 is 1.36 bits per heavy atom. The molecule has 0 saturated carbocycles. The summed E-state index contributed by atoms with van der Waals surface area (Å²) in [5.74, 6) is 0.